The van der Waals surface area contributed by atoms with Crippen molar-refractivity contribution < 1.29 is 18.7 Å². The molecule has 0 bridgehead atoms. The molecule has 33 heavy (non-hydrogen) atoms. The Morgan fingerprint density at radius 1 is 1.03 bits per heavy atom. The third-order valence-electron chi connectivity index (χ3n) is 5.76. The van der Waals surface area contributed by atoms with Gasteiger partial charge < -0.3 is 9.47 Å². The number of hydrogen-bond donors (Lipinski definition) is 0. The molecule has 0 radical (unpaired) electrons. The second-order valence-electron chi connectivity index (χ2n) is 8.52. The molecule has 0 saturated heterocycles. The number of benzene rings is 3. The molecule has 170 valence electrons. The summed E-state index contributed by atoms with van der Waals surface area (Å²) in [7, 11) is 0. The fourth-order valence-corrected chi connectivity index (χ4v) is 4.91. The maximum absolute atomic E-state index is 13.1. The number of carbonyl (C=O) groups is 1. The lowest BCUT2D eigenvalue weighted by Gasteiger charge is -2.09. The third kappa shape index (κ3) is 5.98. The zero-order valence-corrected chi connectivity index (χ0v) is 19.9. The highest BCUT2D eigenvalue weighted by Gasteiger charge is 2.61. The van der Waals surface area contributed by atoms with Crippen LogP contribution in [0.2, 0.25) is 0 Å². The van der Waals surface area contributed by atoms with Gasteiger partial charge in [0.05, 0.1) is 10.3 Å². The van der Waals surface area contributed by atoms with Crippen LogP contribution in [0.1, 0.15) is 19.4 Å². The highest BCUT2D eigenvalue weighted by molar-refractivity contribution is 8.04. The number of thioether (sulfide) groups is 1. The molecular weight excluding hydrogens is 459 g/mol. The zero-order chi connectivity index (χ0) is 23.4. The molecule has 3 aromatic rings. The Bertz CT molecular complexity index is 1150. The lowest BCUT2D eigenvalue weighted by atomic mass is 10.1. The summed E-state index contributed by atoms with van der Waals surface area (Å²) < 4.78 is 25.1. The molecule has 1 fully saturated rings. The lowest BCUT2D eigenvalue weighted by molar-refractivity contribution is -0.147. The van der Waals surface area contributed by atoms with Gasteiger partial charge in [0.15, 0.2) is 0 Å². The van der Waals surface area contributed by atoms with Gasteiger partial charge in [0.2, 0.25) is 0 Å². The van der Waals surface area contributed by atoms with E-state index in [1.165, 1.54) is 23.9 Å². The first kappa shape index (κ1) is 23.4. The van der Waals surface area contributed by atoms with Gasteiger partial charge in [-0.1, -0.05) is 73.6 Å². The second-order valence-corrected chi connectivity index (χ2v) is 10.3. The zero-order valence-electron chi connectivity index (χ0n) is 18.3. The predicted octanol–water partition coefficient (Wildman–Crippen LogP) is 7.81. The summed E-state index contributed by atoms with van der Waals surface area (Å²) in [5.41, 5.74) is 0.617. The van der Waals surface area contributed by atoms with E-state index in [9.17, 15) is 9.18 Å². The number of carbonyl (C=O) groups excluding carboxylic acids is 1. The number of esters is 1. The molecule has 1 aliphatic rings. The minimum atomic E-state index is -0.289. The molecule has 3 aromatic carbocycles. The Hall–Kier alpha value is -2.76. The fourth-order valence-electron chi connectivity index (χ4n) is 3.80. The molecule has 1 aliphatic carbocycles. The highest BCUT2D eigenvalue weighted by atomic mass is 35.5. The van der Waals surface area contributed by atoms with Gasteiger partial charge in [-0.25, -0.2) is 4.39 Å². The third-order valence-corrected chi connectivity index (χ3v) is 6.96. The van der Waals surface area contributed by atoms with Crippen LogP contribution in [0.5, 0.6) is 11.5 Å². The van der Waals surface area contributed by atoms with Crippen LogP contribution in [0.25, 0.3) is 0 Å². The van der Waals surface area contributed by atoms with Gasteiger partial charge in [0.1, 0.15) is 23.9 Å². The molecule has 0 N–H and O–H groups in total. The Kier molecular flexibility index (Phi) is 7.11. The molecule has 4 rings (SSSR count). The molecule has 0 heterocycles. The maximum atomic E-state index is 13.1. The lowest BCUT2D eigenvalue weighted by Crippen LogP contribution is -2.10. The van der Waals surface area contributed by atoms with Gasteiger partial charge >= 0.3 is 5.97 Å². The maximum Gasteiger partial charge on any atom is 0.310 e. The highest BCUT2D eigenvalue weighted by Crippen LogP contribution is 2.60. The number of para-hydroxylation sites is 1. The van der Waals surface area contributed by atoms with Crippen LogP contribution in [0.15, 0.2) is 94.2 Å². The molecule has 0 aliphatic heterocycles. The minimum absolute atomic E-state index is 0.0156. The van der Waals surface area contributed by atoms with E-state index in [4.69, 9.17) is 21.1 Å². The van der Waals surface area contributed by atoms with Crippen molar-refractivity contribution in [3.05, 3.63) is 101 Å². The van der Waals surface area contributed by atoms with Crippen LogP contribution in [0.4, 0.5) is 4.39 Å². The van der Waals surface area contributed by atoms with E-state index < -0.39 is 0 Å². The summed E-state index contributed by atoms with van der Waals surface area (Å²) >= 11 is 7.75. The average Bonchev–Trinajstić information content (AvgIpc) is 3.34. The van der Waals surface area contributed by atoms with Crippen LogP contribution >= 0.6 is 23.4 Å². The number of rotatable bonds is 8. The van der Waals surface area contributed by atoms with E-state index in [-0.39, 0.29) is 35.6 Å². The van der Waals surface area contributed by atoms with Crippen LogP contribution in [0.3, 0.4) is 0 Å². The Balaban J connectivity index is 1.34. The second kappa shape index (κ2) is 10.0. The Morgan fingerprint density at radius 3 is 2.45 bits per heavy atom. The average molecular weight is 483 g/mol. The van der Waals surface area contributed by atoms with Crippen LogP contribution in [-0.4, -0.2) is 5.97 Å². The molecule has 6 heteroatoms. The first-order chi connectivity index (χ1) is 15.8. The number of hydrogen-bond acceptors (Lipinski definition) is 4. The molecule has 3 nitrogen and oxygen atoms in total. The van der Waals surface area contributed by atoms with Crippen molar-refractivity contribution in [2.24, 2.45) is 17.3 Å². The van der Waals surface area contributed by atoms with Gasteiger partial charge in [-0.3, -0.25) is 4.79 Å². The van der Waals surface area contributed by atoms with E-state index in [1.807, 2.05) is 74.5 Å². The van der Waals surface area contributed by atoms with Gasteiger partial charge in [-0.05, 0) is 65.4 Å². The molecule has 0 spiro atoms. The molecule has 1 saturated carbocycles. The summed E-state index contributed by atoms with van der Waals surface area (Å²) in [6, 6.07) is 23.2. The predicted molar refractivity (Wildman–Crippen MR) is 130 cm³/mol. The van der Waals surface area contributed by atoms with E-state index in [0.29, 0.717) is 10.1 Å². The number of halogens is 2. The first-order valence-electron chi connectivity index (χ1n) is 10.6. The van der Waals surface area contributed by atoms with Crippen molar-refractivity contribution in [3.63, 3.8) is 0 Å². The molecule has 0 amide bonds. The largest absolute Gasteiger partial charge is 0.461 e. The number of ether oxygens (including phenoxy) is 2. The quantitative estimate of drug-likeness (QED) is 0.242. The van der Waals surface area contributed by atoms with Crippen molar-refractivity contribution in [1.82, 2.24) is 0 Å². The topological polar surface area (TPSA) is 35.5 Å². The molecule has 2 atom stereocenters. The van der Waals surface area contributed by atoms with Crippen LogP contribution in [0, 0.1) is 23.1 Å². The molecular formula is C27H24ClFO3S. The Labute approximate surface area is 202 Å². The molecule has 2 unspecified atom stereocenters. The van der Waals surface area contributed by atoms with Crippen molar-refractivity contribution in [2.45, 2.75) is 25.3 Å². The summed E-state index contributed by atoms with van der Waals surface area (Å²) in [5.74, 6) is 0.625. The van der Waals surface area contributed by atoms with Gasteiger partial charge in [0.25, 0.3) is 0 Å². The van der Waals surface area contributed by atoms with Crippen LogP contribution in [-0.2, 0) is 16.1 Å². The van der Waals surface area contributed by atoms with Gasteiger partial charge in [-0.2, -0.15) is 0 Å². The van der Waals surface area contributed by atoms with E-state index in [2.05, 4.69) is 0 Å². The van der Waals surface area contributed by atoms with Gasteiger partial charge in [-0.15, -0.1) is 0 Å². The summed E-state index contributed by atoms with van der Waals surface area (Å²) in [4.78, 5) is 13.6. The standard InChI is InChI=1S/C27H24ClFO3S/c1-27(2)23(16-24(28)33-22-13-11-19(29)12-14-22)25(27)26(30)31-17-18-7-6-10-21(15-18)32-20-8-4-3-5-9-20/h3-16,23,25H,17H2,1-2H3/b24-16+. The van der Waals surface area contributed by atoms with Gasteiger partial charge in [0, 0.05) is 4.90 Å². The van der Waals surface area contributed by atoms with Crippen molar-refractivity contribution >= 4 is 29.3 Å². The van der Waals surface area contributed by atoms with Crippen LogP contribution < -0.4 is 4.74 Å². The van der Waals surface area contributed by atoms with E-state index in [0.717, 1.165) is 16.2 Å². The van der Waals surface area contributed by atoms with E-state index >= 15 is 0 Å². The monoisotopic (exact) mass is 482 g/mol. The number of allylic oxidation sites excluding steroid dienone is 1. The Morgan fingerprint density at radius 2 is 1.73 bits per heavy atom. The fraction of sp³-hybridized carbons (Fsp3) is 0.222. The van der Waals surface area contributed by atoms with Crippen molar-refractivity contribution in [3.8, 4) is 11.5 Å². The molecule has 0 aromatic heterocycles. The van der Waals surface area contributed by atoms with E-state index in [1.54, 1.807) is 12.1 Å². The van der Waals surface area contributed by atoms with Crippen molar-refractivity contribution in [1.29, 1.82) is 0 Å². The first-order valence-corrected chi connectivity index (χ1v) is 11.8. The smallest absolute Gasteiger partial charge is 0.310 e. The summed E-state index contributed by atoms with van der Waals surface area (Å²) in [6.07, 6.45) is 1.90. The minimum Gasteiger partial charge on any atom is -0.461 e. The summed E-state index contributed by atoms with van der Waals surface area (Å²) in [5, 5.41) is 0. The SMILES string of the molecule is CC1(C)C(/C=C(\Cl)Sc2ccc(F)cc2)C1C(=O)OCc1cccc(Oc2ccccc2)c1. The normalized spacial score (nSPS) is 19.1. The summed E-state index contributed by atoms with van der Waals surface area (Å²) in [6.45, 7) is 4.23. The van der Waals surface area contributed by atoms with Crippen molar-refractivity contribution in [2.75, 3.05) is 0 Å².